The SMILES string of the molecule is CCC(C)C(NC(=O)OC(C)(C)C)C(=O)N(C(C)C)C(C(=O)NCc1ccccc1)c1ccc(C)cc1C. The Bertz CT molecular complexity index is 1090. The highest BCUT2D eigenvalue weighted by atomic mass is 16.6. The molecule has 0 saturated heterocycles. The summed E-state index contributed by atoms with van der Waals surface area (Å²) < 4.78 is 5.47. The normalized spacial score (nSPS) is 13.8. The number of hydrogen-bond donors (Lipinski definition) is 2. The van der Waals surface area contributed by atoms with Crippen LogP contribution in [0, 0.1) is 19.8 Å². The monoisotopic (exact) mass is 523 g/mol. The molecule has 7 nitrogen and oxygen atoms in total. The van der Waals surface area contributed by atoms with Crippen LogP contribution in [0.2, 0.25) is 0 Å². The van der Waals surface area contributed by atoms with Crippen LogP contribution in [-0.4, -0.2) is 40.5 Å². The maximum Gasteiger partial charge on any atom is 0.408 e. The smallest absolute Gasteiger partial charge is 0.408 e. The average Bonchev–Trinajstić information content (AvgIpc) is 2.83. The summed E-state index contributed by atoms with van der Waals surface area (Å²) in [6, 6.07) is 13.5. The molecule has 0 spiro atoms. The summed E-state index contributed by atoms with van der Waals surface area (Å²) in [4.78, 5) is 42.4. The van der Waals surface area contributed by atoms with Crippen molar-refractivity contribution in [2.45, 2.75) is 99.0 Å². The van der Waals surface area contributed by atoms with Crippen molar-refractivity contribution >= 4 is 17.9 Å². The minimum absolute atomic E-state index is 0.177. The average molecular weight is 524 g/mol. The molecule has 0 heterocycles. The van der Waals surface area contributed by atoms with Crippen LogP contribution in [0.1, 0.15) is 83.2 Å². The fourth-order valence-corrected chi connectivity index (χ4v) is 4.39. The molecule has 2 N–H and O–H groups in total. The third-order valence-electron chi connectivity index (χ3n) is 6.52. The van der Waals surface area contributed by atoms with Gasteiger partial charge in [-0.05, 0) is 71.1 Å². The number of aryl methyl sites for hydroxylation is 2. The van der Waals surface area contributed by atoms with Gasteiger partial charge in [0.15, 0.2) is 0 Å². The van der Waals surface area contributed by atoms with Crippen LogP contribution >= 0.6 is 0 Å². The van der Waals surface area contributed by atoms with Crippen molar-refractivity contribution in [3.63, 3.8) is 0 Å². The van der Waals surface area contributed by atoms with Gasteiger partial charge < -0.3 is 20.3 Å². The molecule has 0 aliphatic heterocycles. The molecule has 3 unspecified atom stereocenters. The quantitative estimate of drug-likeness (QED) is 0.410. The first-order valence-corrected chi connectivity index (χ1v) is 13.5. The number of ether oxygens (including phenoxy) is 1. The van der Waals surface area contributed by atoms with Crippen molar-refractivity contribution in [1.29, 1.82) is 0 Å². The van der Waals surface area contributed by atoms with Gasteiger partial charge in [0, 0.05) is 12.6 Å². The first-order chi connectivity index (χ1) is 17.7. The zero-order chi connectivity index (χ0) is 28.6. The zero-order valence-corrected chi connectivity index (χ0v) is 24.4. The van der Waals surface area contributed by atoms with Gasteiger partial charge in [0.1, 0.15) is 17.7 Å². The first kappa shape index (κ1) is 30.9. The molecule has 7 heteroatoms. The van der Waals surface area contributed by atoms with Crippen molar-refractivity contribution in [3.05, 3.63) is 70.8 Å². The summed E-state index contributed by atoms with van der Waals surface area (Å²) in [7, 11) is 0. The first-order valence-electron chi connectivity index (χ1n) is 13.5. The molecule has 0 aromatic heterocycles. The molecule has 2 aromatic rings. The van der Waals surface area contributed by atoms with E-state index in [1.807, 2.05) is 90.1 Å². The second kappa shape index (κ2) is 13.4. The van der Waals surface area contributed by atoms with Crippen LogP contribution < -0.4 is 10.6 Å². The Balaban J connectivity index is 2.51. The molecular formula is C31H45N3O4. The van der Waals surface area contributed by atoms with Crippen molar-refractivity contribution in [2.75, 3.05) is 0 Å². The minimum atomic E-state index is -0.876. The highest BCUT2D eigenvalue weighted by molar-refractivity contribution is 5.92. The number of nitrogens with zero attached hydrogens (tertiary/aromatic N) is 1. The lowest BCUT2D eigenvalue weighted by molar-refractivity contribution is -0.145. The lowest BCUT2D eigenvalue weighted by Crippen LogP contribution is -2.57. The molecular weight excluding hydrogens is 478 g/mol. The molecule has 0 aliphatic carbocycles. The van der Waals surface area contributed by atoms with Crippen LogP contribution in [0.5, 0.6) is 0 Å². The molecule has 0 fully saturated rings. The molecule has 0 radical (unpaired) electrons. The number of rotatable bonds is 10. The van der Waals surface area contributed by atoms with Gasteiger partial charge in [-0.1, -0.05) is 74.4 Å². The summed E-state index contributed by atoms with van der Waals surface area (Å²) in [6.45, 7) is 17.3. The van der Waals surface area contributed by atoms with Gasteiger partial charge in [-0.3, -0.25) is 9.59 Å². The molecule has 38 heavy (non-hydrogen) atoms. The fraction of sp³-hybridized carbons (Fsp3) is 0.516. The molecule has 3 amide bonds. The van der Waals surface area contributed by atoms with E-state index in [-0.39, 0.29) is 23.8 Å². The Morgan fingerprint density at radius 3 is 2.13 bits per heavy atom. The van der Waals surface area contributed by atoms with Crippen LogP contribution in [0.15, 0.2) is 48.5 Å². The third kappa shape index (κ3) is 8.61. The van der Waals surface area contributed by atoms with Crippen molar-refractivity contribution in [1.82, 2.24) is 15.5 Å². The van der Waals surface area contributed by atoms with Gasteiger partial charge in [-0.15, -0.1) is 0 Å². The van der Waals surface area contributed by atoms with E-state index in [4.69, 9.17) is 4.74 Å². The van der Waals surface area contributed by atoms with E-state index in [9.17, 15) is 14.4 Å². The van der Waals surface area contributed by atoms with Crippen LogP contribution in [0.3, 0.4) is 0 Å². The van der Waals surface area contributed by atoms with Crippen molar-refractivity contribution in [2.24, 2.45) is 5.92 Å². The largest absolute Gasteiger partial charge is 0.444 e. The Labute approximate surface area is 228 Å². The molecule has 2 aromatic carbocycles. The Hall–Kier alpha value is -3.35. The molecule has 0 aliphatic rings. The Morgan fingerprint density at radius 2 is 1.61 bits per heavy atom. The van der Waals surface area contributed by atoms with Crippen molar-refractivity contribution < 1.29 is 19.1 Å². The molecule has 208 valence electrons. The lowest BCUT2D eigenvalue weighted by atomic mass is 9.93. The number of nitrogens with one attached hydrogen (secondary N) is 2. The van der Waals surface area contributed by atoms with Crippen LogP contribution in [0.25, 0.3) is 0 Å². The lowest BCUT2D eigenvalue weighted by Gasteiger charge is -2.39. The number of benzene rings is 2. The van der Waals surface area contributed by atoms with Gasteiger partial charge in [-0.25, -0.2) is 4.79 Å². The Kier molecular flexibility index (Phi) is 10.9. The predicted octanol–water partition coefficient (Wildman–Crippen LogP) is 5.84. The highest BCUT2D eigenvalue weighted by Gasteiger charge is 2.39. The van der Waals surface area contributed by atoms with Gasteiger partial charge in [0.25, 0.3) is 0 Å². The summed E-state index contributed by atoms with van der Waals surface area (Å²) in [5, 5.41) is 5.84. The van der Waals surface area contributed by atoms with E-state index < -0.39 is 23.8 Å². The summed E-state index contributed by atoms with van der Waals surface area (Å²) in [5.41, 5.74) is 3.00. The van der Waals surface area contributed by atoms with Gasteiger partial charge in [-0.2, -0.15) is 0 Å². The van der Waals surface area contributed by atoms with Crippen molar-refractivity contribution in [3.8, 4) is 0 Å². The van der Waals surface area contributed by atoms with E-state index in [0.29, 0.717) is 13.0 Å². The van der Waals surface area contributed by atoms with Crippen LogP contribution in [0.4, 0.5) is 4.79 Å². The second-order valence-electron chi connectivity index (χ2n) is 11.3. The number of carbonyl (C=O) groups is 3. The maximum absolute atomic E-state index is 14.2. The molecule has 0 saturated carbocycles. The zero-order valence-electron chi connectivity index (χ0n) is 24.4. The van der Waals surface area contributed by atoms with Crippen LogP contribution in [-0.2, 0) is 20.9 Å². The van der Waals surface area contributed by atoms with E-state index in [1.165, 1.54) is 0 Å². The summed E-state index contributed by atoms with van der Waals surface area (Å²) >= 11 is 0. The molecule has 2 rings (SSSR count). The second-order valence-corrected chi connectivity index (χ2v) is 11.3. The van der Waals surface area contributed by atoms with Gasteiger partial charge in [0.05, 0.1) is 0 Å². The molecule has 0 bridgehead atoms. The van der Waals surface area contributed by atoms with E-state index in [2.05, 4.69) is 10.6 Å². The molecule has 3 atom stereocenters. The predicted molar refractivity (Wildman–Crippen MR) is 152 cm³/mol. The number of amides is 3. The van der Waals surface area contributed by atoms with Gasteiger partial charge >= 0.3 is 6.09 Å². The van der Waals surface area contributed by atoms with E-state index in [0.717, 1.165) is 22.3 Å². The minimum Gasteiger partial charge on any atom is -0.444 e. The topological polar surface area (TPSA) is 87.7 Å². The Morgan fingerprint density at radius 1 is 0.974 bits per heavy atom. The maximum atomic E-state index is 14.2. The summed E-state index contributed by atoms with van der Waals surface area (Å²) in [6.07, 6.45) is 0.00323. The van der Waals surface area contributed by atoms with Gasteiger partial charge in [0.2, 0.25) is 11.8 Å². The number of carbonyl (C=O) groups excluding carboxylic acids is 3. The highest BCUT2D eigenvalue weighted by Crippen LogP contribution is 2.29. The number of alkyl carbamates (subject to hydrolysis) is 1. The standard InChI is InChI=1S/C31H45N3O4/c1-10-22(5)26(33-30(37)38-31(7,8)9)29(36)34(20(2)3)27(25-17-16-21(4)18-23(25)6)28(35)32-19-24-14-12-11-13-15-24/h11-18,20,22,26-27H,10,19H2,1-9H3,(H,32,35)(H,33,37). The number of hydrogen-bond acceptors (Lipinski definition) is 4. The third-order valence-corrected chi connectivity index (χ3v) is 6.52. The summed E-state index contributed by atoms with van der Waals surface area (Å²) in [5.74, 6) is -0.772. The fourth-order valence-electron chi connectivity index (χ4n) is 4.39. The van der Waals surface area contributed by atoms with E-state index >= 15 is 0 Å². The van der Waals surface area contributed by atoms with E-state index in [1.54, 1.807) is 25.7 Å².